The van der Waals surface area contributed by atoms with Gasteiger partial charge < -0.3 is 28.9 Å². The number of aliphatic hydroxyl groups excluding tert-OH is 1. The Morgan fingerprint density at radius 1 is 1.26 bits per heavy atom. The van der Waals surface area contributed by atoms with Crippen molar-refractivity contribution in [1.82, 2.24) is 0 Å². The van der Waals surface area contributed by atoms with E-state index in [1.807, 2.05) is 6.92 Å². The van der Waals surface area contributed by atoms with Crippen molar-refractivity contribution in [2.24, 2.45) is 5.92 Å². The molecule has 0 saturated carbocycles. The number of rotatable bonds is 6. The van der Waals surface area contributed by atoms with Crippen LogP contribution < -0.4 is 15.0 Å². The maximum atomic E-state index is 15.4. The van der Waals surface area contributed by atoms with Gasteiger partial charge in [-0.1, -0.05) is 6.92 Å². The van der Waals surface area contributed by atoms with E-state index in [0.717, 1.165) is 0 Å². The van der Waals surface area contributed by atoms with Crippen LogP contribution in [0.1, 0.15) is 29.3 Å². The third kappa shape index (κ3) is 3.81. The summed E-state index contributed by atoms with van der Waals surface area (Å²) in [5.74, 6) is -0.337. The molecule has 0 aromatic heterocycles. The lowest BCUT2D eigenvalue weighted by molar-refractivity contribution is -0.145. The Morgan fingerprint density at radius 2 is 1.94 bits per heavy atom. The number of fused-ring (bicyclic) bond motifs is 2. The van der Waals surface area contributed by atoms with Gasteiger partial charge in [0, 0.05) is 41.9 Å². The zero-order valence-corrected chi connectivity index (χ0v) is 21.1. The van der Waals surface area contributed by atoms with Crippen LogP contribution in [0.25, 0.3) is 0 Å². The van der Waals surface area contributed by atoms with Crippen molar-refractivity contribution < 1.29 is 28.3 Å². The highest BCUT2D eigenvalue weighted by Gasteiger charge is 2.66. The Bertz CT molecular complexity index is 1100. The maximum Gasteiger partial charge on any atom is 0.264 e. The molecule has 0 radical (unpaired) electrons. The van der Waals surface area contributed by atoms with E-state index in [9.17, 15) is 14.7 Å². The highest BCUT2D eigenvalue weighted by Crippen LogP contribution is 2.60. The van der Waals surface area contributed by atoms with E-state index < -0.39 is 31.6 Å². The lowest BCUT2D eigenvalue weighted by atomic mass is 9.82. The van der Waals surface area contributed by atoms with Gasteiger partial charge in [-0.15, -0.1) is 0 Å². The van der Waals surface area contributed by atoms with E-state index >= 15 is 4.11 Å². The summed E-state index contributed by atoms with van der Waals surface area (Å²) in [6.45, 7) is 4.95. The summed E-state index contributed by atoms with van der Waals surface area (Å²) in [4.78, 5) is 27.9. The first-order valence-electron chi connectivity index (χ1n) is 11.4. The molecule has 9 heteroatoms. The molecular weight excluding hydrogens is 455 g/mol. The molecule has 34 heavy (non-hydrogen) atoms. The van der Waals surface area contributed by atoms with E-state index in [4.69, 9.17) is 9.47 Å². The smallest absolute Gasteiger partial charge is 0.264 e. The van der Waals surface area contributed by atoms with Crippen LogP contribution in [0, 0.1) is 5.92 Å². The second kappa shape index (κ2) is 8.79. The fourth-order valence-corrected chi connectivity index (χ4v) is 8.12. The molecule has 0 unspecified atom stereocenters. The molecule has 2 heterocycles. The molecule has 0 aliphatic carbocycles. The number of carbonyl (C=O) groups is 2. The number of nitrogens with zero attached hydrogens (tertiary/aromatic N) is 1. The van der Waals surface area contributed by atoms with Crippen molar-refractivity contribution in [3.05, 3.63) is 53.6 Å². The molecule has 182 valence electrons. The Hall–Kier alpha value is -2.75. The lowest BCUT2D eigenvalue weighted by Gasteiger charge is -2.31. The monoisotopic (exact) mass is 486 g/mol. The Balaban J connectivity index is 1.71. The number of nitrogens with one attached hydrogen (secondary N) is 1. The van der Waals surface area contributed by atoms with E-state index in [1.165, 1.54) is 4.90 Å². The first-order valence-corrected chi connectivity index (χ1v) is 14.4. The Labute approximate surface area is 200 Å². The van der Waals surface area contributed by atoms with Gasteiger partial charge in [0.15, 0.2) is 5.60 Å². The predicted octanol–water partition coefficient (Wildman–Crippen LogP) is 4.08. The van der Waals surface area contributed by atoms with Crippen molar-refractivity contribution in [2.75, 3.05) is 31.0 Å². The SMILES string of the molecule is COc1ccc(C(=O)Nc2ccc3c(c2)[C@@]2(O[C@H](CCO)[C@@H]([Si](C)(C)F)[C@@H]2C)C(=O)N3C)cc1. The van der Waals surface area contributed by atoms with Crippen LogP contribution in [-0.4, -0.2) is 52.2 Å². The van der Waals surface area contributed by atoms with Crippen molar-refractivity contribution in [2.45, 2.75) is 43.7 Å². The van der Waals surface area contributed by atoms with Gasteiger partial charge in [0.1, 0.15) is 5.75 Å². The van der Waals surface area contributed by atoms with Gasteiger partial charge in [0.05, 0.1) is 18.9 Å². The van der Waals surface area contributed by atoms with Crippen LogP contribution in [0.4, 0.5) is 15.5 Å². The van der Waals surface area contributed by atoms with Crippen LogP contribution in [0.3, 0.4) is 0 Å². The highest BCUT2D eigenvalue weighted by atomic mass is 28.4. The number of likely N-dealkylation sites (N-methyl/N-ethyl adjacent to an activating group) is 1. The van der Waals surface area contributed by atoms with Crippen LogP contribution in [0.15, 0.2) is 42.5 Å². The van der Waals surface area contributed by atoms with E-state index in [0.29, 0.717) is 28.3 Å². The normalized spacial score (nSPS) is 26.1. The second-order valence-electron chi connectivity index (χ2n) is 9.56. The van der Waals surface area contributed by atoms with Crippen LogP contribution in [0.5, 0.6) is 5.75 Å². The van der Waals surface area contributed by atoms with Crippen molar-refractivity contribution >= 4 is 31.6 Å². The molecule has 2 N–H and O–H groups in total. The van der Waals surface area contributed by atoms with Crippen molar-refractivity contribution in [1.29, 1.82) is 0 Å². The summed E-state index contributed by atoms with van der Waals surface area (Å²) in [6, 6.07) is 12.0. The van der Waals surface area contributed by atoms with Crippen molar-refractivity contribution in [3.63, 3.8) is 0 Å². The maximum absolute atomic E-state index is 15.4. The van der Waals surface area contributed by atoms with Crippen LogP contribution in [0.2, 0.25) is 18.6 Å². The number of anilines is 2. The molecule has 2 aromatic rings. The molecular formula is C25H31FN2O5Si. The number of hydrogen-bond acceptors (Lipinski definition) is 5. The summed E-state index contributed by atoms with van der Waals surface area (Å²) >= 11 is 0. The quantitative estimate of drug-likeness (QED) is 0.475. The highest BCUT2D eigenvalue weighted by molar-refractivity contribution is 6.72. The number of benzene rings is 2. The molecule has 2 amide bonds. The zero-order valence-electron chi connectivity index (χ0n) is 20.1. The number of methoxy groups -OCH3 is 1. The number of hydrogen-bond donors (Lipinski definition) is 2. The average molecular weight is 487 g/mol. The fraction of sp³-hybridized carbons (Fsp3) is 0.440. The molecule has 4 rings (SSSR count). The van der Waals surface area contributed by atoms with Gasteiger partial charge in [0.2, 0.25) is 8.41 Å². The third-order valence-corrected chi connectivity index (χ3v) is 9.57. The largest absolute Gasteiger partial charge is 0.497 e. The van der Waals surface area contributed by atoms with Crippen LogP contribution in [-0.2, 0) is 15.1 Å². The number of carbonyl (C=O) groups excluding carboxylic acids is 2. The molecule has 1 saturated heterocycles. The van der Waals surface area contributed by atoms with Gasteiger partial charge in [-0.2, -0.15) is 0 Å². The van der Waals surface area contributed by atoms with Gasteiger partial charge in [-0.25, -0.2) is 0 Å². The van der Waals surface area contributed by atoms with Crippen molar-refractivity contribution in [3.8, 4) is 5.75 Å². The predicted molar refractivity (Wildman–Crippen MR) is 131 cm³/mol. The molecule has 0 bridgehead atoms. The topological polar surface area (TPSA) is 88.1 Å². The first-order chi connectivity index (χ1) is 16.0. The van der Waals surface area contributed by atoms with E-state index in [-0.39, 0.29) is 24.8 Å². The minimum Gasteiger partial charge on any atom is -0.497 e. The van der Waals surface area contributed by atoms with Gasteiger partial charge in [0.25, 0.3) is 11.8 Å². The molecule has 7 nitrogen and oxygen atoms in total. The Morgan fingerprint density at radius 3 is 2.53 bits per heavy atom. The zero-order chi connectivity index (χ0) is 24.8. The molecule has 4 atom stereocenters. The minimum absolute atomic E-state index is 0.150. The van der Waals surface area contributed by atoms with Crippen LogP contribution >= 0.6 is 0 Å². The van der Waals surface area contributed by atoms with Gasteiger partial charge >= 0.3 is 0 Å². The average Bonchev–Trinajstić information content (AvgIpc) is 3.21. The molecule has 2 aliphatic heterocycles. The molecule has 1 fully saturated rings. The summed E-state index contributed by atoms with van der Waals surface area (Å²) < 4.78 is 27.0. The number of halogens is 1. The first kappa shape index (κ1) is 24.4. The molecule has 2 aliphatic rings. The summed E-state index contributed by atoms with van der Waals surface area (Å²) in [5.41, 5.74) is 0.441. The van der Waals surface area contributed by atoms with E-state index in [1.54, 1.807) is 69.7 Å². The summed E-state index contributed by atoms with van der Waals surface area (Å²) in [5, 5.41) is 12.5. The number of ether oxygens (including phenoxy) is 2. The third-order valence-electron chi connectivity index (χ3n) is 7.11. The summed E-state index contributed by atoms with van der Waals surface area (Å²) in [7, 11) is -0.000412. The number of amides is 2. The van der Waals surface area contributed by atoms with Gasteiger partial charge in [-0.05, 0) is 62.0 Å². The summed E-state index contributed by atoms with van der Waals surface area (Å²) in [6.07, 6.45) is -0.301. The Kier molecular flexibility index (Phi) is 6.30. The molecule has 1 spiro atoms. The number of aliphatic hydroxyl groups is 1. The standard InChI is InChI=1S/C25H31FN2O5Si/c1-15-22(34(4,5)26)21(12-13-29)33-25(15)19-14-17(8-11-20(19)28(2)24(25)31)27-23(30)16-6-9-18(32-3)10-7-16/h6-11,14-15,21-22,29H,12-13H2,1-5H3,(H,27,30)/t15-,21+,22-,25+/m0/s1. The second-order valence-corrected chi connectivity index (χ2v) is 13.4. The van der Waals surface area contributed by atoms with E-state index in [2.05, 4.69) is 5.32 Å². The lowest BCUT2D eigenvalue weighted by Crippen LogP contribution is -2.44. The van der Waals surface area contributed by atoms with Gasteiger partial charge in [-0.3, -0.25) is 9.59 Å². The minimum atomic E-state index is -3.23. The molecule has 2 aromatic carbocycles. The fourth-order valence-electron chi connectivity index (χ4n) is 5.57.